The fourth-order valence-electron chi connectivity index (χ4n) is 4.95. The van der Waals surface area contributed by atoms with E-state index in [9.17, 15) is 0 Å². The van der Waals surface area contributed by atoms with E-state index in [0.29, 0.717) is 12.0 Å². The fourth-order valence-corrected chi connectivity index (χ4v) is 4.95. The number of nitrogens with one attached hydrogen (secondary N) is 3. The molecule has 1 aliphatic rings. The van der Waals surface area contributed by atoms with E-state index in [1.807, 2.05) is 58.3 Å². The van der Waals surface area contributed by atoms with Gasteiger partial charge in [0.15, 0.2) is 11.6 Å². The number of benzene rings is 1. The number of nitrogens with zero attached hydrogens (tertiary/aromatic N) is 3. The maximum Gasteiger partial charge on any atom is 0.169 e. The average Bonchev–Trinajstić information content (AvgIpc) is 3.04. The van der Waals surface area contributed by atoms with Gasteiger partial charge in [-0.1, -0.05) is 52.3 Å². The monoisotopic (exact) mass is 628 g/mol. The summed E-state index contributed by atoms with van der Waals surface area (Å²) in [7, 11) is 3.77. The second-order valence-electron chi connectivity index (χ2n) is 12.7. The second-order valence-corrected chi connectivity index (χ2v) is 12.7. The highest BCUT2D eigenvalue weighted by Gasteiger charge is 2.11. The summed E-state index contributed by atoms with van der Waals surface area (Å²) in [6, 6.07) is 20.7. The van der Waals surface area contributed by atoms with Gasteiger partial charge in [0.1, 0.15) is 18.2 Å². The van der Waals surface area contributed by atoms with Crippen LogP contribution in [0, 0.1) is 11.8 Å². The third-order valence-electron chi connectivity index (χ3n) is 7.31. The van der Waals surface area contributed by atoms with Crippen LogP contribution in [0.5, 0.6) is 5.75 Å². The van der Waals surface area contributed by atoms with E-state index in [0.717, 1.165) is 85.0 Å². The molecule has 0 fully saturated rings. The Morgan fingerprint density at radius 3 is 2.26 bits per heavy atom. The molecule has 0 atom stereocenters. The zero-order chi connectivity index (χ0) is 33.3. The maximum atomic E-state index is 5.50. The van der Waals surface area contributed by atoms with Crippen molar-refractivity contribution in [1.82, 2.24) is 15.0 Å². The van der Waals surface area contributed by atoms with Gasteiger partial charge in [-0.05, 0) is 93.0 Å². The molecule has 0 aliphatic carbocycles. The number of ether oxygens (including phenoxy) is 2. The Morgan fingerprint density at radius 1 is 0.804 bits per heavy atom. The maximum absolute atomic E-state index is 5.50. The van der Waals surface area contributed by atoms with Gasteiger partial charge in [0.2, 0.25) is 0 Å². The zero-order valence-corrected chi connectivity index (χ0v) is 29.3. The zero-order valence-electron chi connectivity index (χ0n) is 29.3. The van der Waals surface area contributed by atoms with E-state index in [1.165, 1.54) is 23.8 Å². The third-order valence-corrected chi connectivity index (χ3v) is 7.31. The number of anilines is 3. The Kier molecular flexibility index (Phi) is 15.6. The molecule has 3 N–H and O–H groups in total. The first-order valence-corrected chi connectivity index (χ1v) is 16.9. The van der Waals surface area contributed by atoms with Crippen LogP contribution in [0.4, 0.5) is 17.5 Å². The number of pyridine rings is 3. The summed E-state index contributed by atoms with van der Waals surface area (Å²) in [5.74, 6) is 5.09. The molecule has 8 nitrogen and oxygen atoms in total. The summed E-state index contributed by atoms with van der Waals surface area (Å²) >= 11 is 0. The van der Waals surface area contributed by atoms with Crippen LogP contribution in [0.3, 0.4) is 0 Å². The molecule has 4 aromatic rings. The first-order valence-electron chi connectivity index (χ1n) is 16.9. The molecule has 0 spiro atoms. The lowest BCUT2D eigenvalue weighted by atomic mass is 10.0. The molecule has 8 heteroatoms. The molecule has 0 unspecified atom stereocenters. The van der Waals surface area contributed by atoms with E-state index in [2.05, 4.69) is 88.9 Å². The number of aromatic nitrogens is 3. The van der Waals surface area contributed by atoms with Gasteiger partial charge in [0.25, 0.3) is 0 Å². The lowest BCUT2D eigenvalue weighted by Crippen LogP contribution is -2.19. The fraction of sp³-hybridized carbons (Fsp3) is 0.500. The van der Waals surface area contributed by atoms with Gasteiger partial charge in [-0.15, -0.1) is 0 Å². The minimum Gasteiger partial charge on any atom is -0.488 e. The Morgan fingerprint density at radius 2 is 1.54 bits per heavy atom. The van der Waals surface area contributed by atoms with Gasteiger partial charge < -0.3 is 25.4 Å². The van der Waals surface area contributed by atoms with Crippen molar-refractivity contribution in [2.75, 3.05) is 49.8 Å². The molecular weight excluding hydrogens is 572 g/mol. The van der Waals surface area contributed by atoms with Gasteiger partial charge >= 0.3 is 0 Å². The van der Waals surface area contributed by atoms with Crippen molar-refractivity contribution in [2.24, 2.45) is 11.8 Å². The minimum absolute atomic E-state index is 0.294. The highest BCUT2D eigenvalue weighted by molar-refractivity contribution is 5.80. The summed E-state index contributed by atoms with van der Waals surface area (Å²) in [5, 5.41) is 10.5. The second kappa shape index (κ2) is 19.6. The summed E-state index contributed by atoms with van der Waals surface area (Å²) in [4.78, 5) is 13.5. The van der Waals surface area contributed by atoms with Crippen LogP contribution in [0.25, 0.3) is 10.9 Å². The lowest BCUT2D eigenvalue weighted by Gasteiger charge is -2.18. The van der Waals surface area contributed by atoms with E-state index >= 15 is 0 Å². The van der Waals surface area contributed by atoms with Gasteiger partial charge in [-0.25, -0.2) is 15.0 Å². The van der Waals surface area contributed by atoms with E-state index in [4.69, 9.17) is 9.47 Å². The van der Waals surface area contributed by atoms with E-state index < -0.39 is 0 Å². The lowest BCUT2D eigenvalue weighted by molar-refractivity contribution is 0.0809. The van der Waals surface area contributed by atoms with Gasteiger partial charge in [-0.3, -0.25) is 0 Å². The molecule has 250 valence electrons. The predicted octanol–water partition coefficient (Wildman–Crippen LogP) is 8.43. The normalized spacial score (nSPS) is 12.0. The van der Waals surface area contributed by atoms with Crippen molar-refractivity contribution in [1.29, 1.82) is 0 Å². The number of fused-ring (bicyclic) bond motifs is 2. The van der Waals surface area contributed by atoms with Crippen LogP contribution in [-0.4, -0.2) is 54.9 Å². The van der Waals surface area contributed by atoms with Crippen LogP contribution in [-0.2, 0) is 24.0 Å². The Labute approximate surface area is 277 Å². The van der Waals surface area contributed by atoms with Gasteiger partial charge in [-0.2, -0.15) is 0 Å². The standard InChI is InChI=1S/C14H18N2.C13H20N2O.C11H18N2O/c1-10(2)8-11-4-5-12-6-7-14(15-3)16-13(12)9-11;1-10(2)4-3-5-11-6-7-12-13(15-11)14-8-9-16-12;1-9(2)14-8-7-10-5-4-6-11(12-3)13-10/h4-7,9-10H,8H2,1-3H3,(H,15,16);6-7,10H,3-5,8-9H2,1-2H3,(H,14,15);4-6,9H,7-8H2,1-3H3,(H,12,13). The highest BCUT2D eigenvalue weighted by Crippen LogP contribution is 2.25. The smallest absolute Gasteiger partial charge is 0.169 e. The Hall–Kier alpha value is -3.91. The molecule has 1 aromatic carbocycles. The summed E-state index contributed by atoms with van der Waals surface area (Å²) in [5.41, 5.74) is 4.67. The van der Waals surface area contributed by atoms with Crippen LogP contribution in [0.15, 0.2) is 60.7 Å². The molecular formula is C38H56N6O2. The predicted molar refractivity (Wildman–Crippen MR) is 194 cm³/mol. The number of hydrogen-bond acceptors (Lipinski definition) is 8. The summed E-state index contributed by atoms with van der Waals surface area (Å²) < 4.78 is 11.0. The van der Waals surface area contributed by atoms with Crippen molar-refractivity contribution < 1.29 is 9.47 Å². The van der Waals surface area contributed by atoms with Crippen LogP contribution >= 0.6 is 0 Å². The molecule has 0 bridgehead atoms. The van der Waals surface area contributed by atoms with Crippen LogP contribution in [0.1, 0.15) is 71.3 Å². The number of rotatable bonds is 12. The molecule has 0 amide bonds. The molecule has 0 saturated heterocycles. The molecule has 4 heterocycles. The highest BCUT2D eigenvalue weighted by atomic mass is 16.5. The molecule has 0 radical (unpaired) electrons. The molecule has 0 saturated carbocycles. The van der Waals surface area contributed by atoms with Crippen molar-refractivity contribution in [3.05, 3.63) is 77.6 Å². The molecule has 3 aromatic heterocycles. The van der Waals surface area contributed by atoms with Crippen molar-refractivity contribution in [3.63, 3.8) is 0 Å². The summed E-state index contributed by atoms with van der Waals surface area (Å²) in [6.07, 6.45) is 5.82. The van der Waals surface area contributed by atoms with Gasteiger partial charge in [0.05, 0.1) is 24.8 Å². The Balaban J connectivity index is 0.000000188. The molecule has 5 rings (SSSR count). The van der Waals surface area contributed by atoms with E-state index in [1.54, 1.807) is 0 Å². The van der Waals surface area contributed by atoms with Crippen molar-refractivity contribution in [2.45, 2.75) is 79.8 Å². The SMILES string of the molecule is CC(C)CCCc1ccc2c(n1)NCCO2.CNc1ccc2ccc(CC(C)C)cc2n1.CNc1cccc(CCOC(C)C)n1. The van der Waals surface area contributed by atoms with Crippen LogP contribution < -0.4 is 20.7 Å². The average molecular weight is 629 g/mol. The molecule has 1 aliphatic heterocycles. The van der Waals surface area contributed by atoms with E-state index in [-0.39, 0.29) is 0 Å². The van der Waals surface area contributed by atoms with Crippen LogP contribution in [0.2, 0.25) is 0 Å². The number of hydrogen-bond donors (Lipinski definition) is 3. The quantitative estimate of drug-likeness (QED) is 0.144. The Bertz CT molecular complexity index is 1460. The first-order chi connectivity index (χ1) is 22.2. The van der Waals surface area contributed by atoms with Gasteiger partial charge in [0, 0.05) is 37.3 Å². The van der Waals surface area contributed by atoms with Crippen molar-refractivity contribution >= 4 is 28.4 Å². The third kappa shape index (κ3) is 13.2. The first kappa shape index (κ1) is 36.6. The topological polar surface area (TPSA) is 93.2 Å². The largest absolute Gasteiger partial charge is 0.488 e. The minimum atomic E-state index is 0.294. The number of aryl methyl sites for hydroxylation is 1. The summed E-state index contributed by atoms with van der Waals surface area (Å²) in [6.45, 7) is 15.4. The van der Waals surface area contributed by atoms with Crippen molar-refractivity contribution in [3.8, 4) is 5.75 Å². The molecule has 46 heavy (non-hydrogen) atoms.